The molecule has 138 valence electrons. The van der Waals surface area contributed by atoms with E-state index in [0.29, 0.717) is 5.52 Å². The number of nitro groups is 2. The highest BCUT2D eigenvalue weighted by molar-refractivity contribution is 5.86. The van der Waals surface area contributed by atoms with E-state index in [1.165, 1.54) is 18.2 Å². The summed E-state index contributed by atoms with van der Waals surface area (Å²) in [4.78, 5) is 36.3. The second-order valence-electron chi connectivity index (χ2n) is 5.77. The fourth-order valence-electron chi connectivity index (χ4n) is 3.04. The molecule has 0 saturated carbocycles. The Bertz CT molecular complexity index is 1000. The molecule has 0 aliphatic heterocycles. The summed E-state index contributed by atoms with van der Waals surface area (Å²) in [6.45, 7) is 0. The molecular formula is C17H14N4O6. The van der Waals surface area contributed by atoms with Crippen molar-refractivity contribution in [3.05, 3.63) is 86.6 Å². The quantitative estimate of drug-likeness (QED) is 0.328. The van der Waals surface area contributed by atoms with Crippen molar-refractivity contribution in [1.82, 2.24) is 4.98 Å². The van der Waals surface area contributed by atoms with Crippen LogP contribution in [-0.2, 0) is 10.5 Å². The van der Waals surface area contributed by atoms with Gasteiger partial charge >= 0.3 is 11.6 Å². The minimum absolute atomic E-state index is 0.201. The SMILES string of the molecule is O=C(O)[C@@H](Nc1ccccc1)C(c1c[nH]c2ccccc12)([N+](=O)[O-])[N+](=O)[O-]. The maximum atomic E-state index is 12.0. The first-order valence-corrected chi connectivity index (χ1v) is 7.79. The molecular weight excluding hydrogens is 356 g/mol. The van der Waals surface area contributed by atoms with Crippen LogP contribution in [0, 0.1) is 20.2 Å². The Balaban J connectivity index is 2.27. The van der Waals surface area contributed by atoms with Crippen LogP contribution in [0.15, 0.2) is 60.8 Å². The van der Waals surface area contributed by atoms with Crippen molar-refractivity contribution in [1.29, 1.82) is 0 Å². The first-order valence-electron chi connectivity index (χ1n) is 7.79. The van der Waals surface area contributed by atoms with Crippen LogP contribution in [0.4, 0.5) is 5.69 Å². The molecule has 3 N–H and O–H groups in total. The highest BCUT2D eigenvalue weighted by Gasteiger charge is 2.69. The third-order valence-corrected chi connectivity index (χ3v) is 4.28. The number of benzene rings is 2. The molecule has 3 rings (SSSR count). The lowest BCUT2D eigenvalue weighted by Crippen LogP contribution is -2.59. The van der Waals surface area contributed by atoms with Gasteiger partial charge < -0.3 is 15.4 Å². The van der Waals surface area contributed by atoms with Crippen LogP contribution >= 0.6 is 0 Å². The van der Waals surface area contributed by atoms with E-state index in [2.05, 4.69) is 10.3 Å². The van der Waals surface area contributed by atoms with E-state index in [9.17, 15) is 30.1 Å². The molecule has 1 heterocycles. The van der Waals surface area contributed by atoms with Crippen LogP contribution in [0.5, 0.6) is 0 Å². The van der Waals surface area contributed by atoms with Crippen LogP contribution in [0.25, 0.3) is 10.9 Å². The van der Waals surface area contributed by atoms with Crippen molar-refractivity contribution in [2.24, 2.45) is 0 Å². The molecule has 0 spiro atoms. The molecule has 0 unspecified atom stereocenters. The fraction of sp³-hybridized carbons (Fsp3) is 0.118. The Kier molecular flexibility index (Phi) is 4.46. The van der Waals surface area contributed by atoms with Crippen molar-refractivity contribution < 1.29 is 19.7 Å². The van der Waals surface area contributed by atoms with Crippen LogP contribution in [-0.4, -0.2) is 31.9 Å². The van der Waals surface area contributed by atoms with Crippen LogP contribution in [0.2, 0.25) is 0 Å². The van der Waals surface area contributed by atoms with Gasteiger partial charge in [-0.15, -0.1) is 0 Å². The van der Waals surface area contributed by atoms with Gasteiger partial charge in [-0.3, -0.25) is 20.2 Å². The summed E-state index contributed by atoms with van der Waals surface area (Å²) in [7, 11) is 0. The van der Waals surface area contributed by atoms with Gasteiger partial charge in [-0.25, -0.2) is 4.79 Å². The number of anilines is 1. The van der Waals surface area contributed by atoms with E-state index in [4.69, 9.17) is 0 Å². The molecule has 3 aromatic rings. The minimum atomic E-state index is -3.15. The van der Waals surface area contributed by atoms with Crippen molar-refractivity contribution in [2.75, 3.05) is 5.32 Å². The van der Waals surface area contributed by atoms with Crippen LogP contribution in [0.3, 0.4) is 0 Å². The minimum Gasteiger partial charge on any atom is -0.479 e. The molecule has 27 heavy (non-hydrogen) atoms. The van der Waals surface area contributed by atoms with Crippen LogP contribution < -0.4 is 5.32 Å². The van der Waals surface area contributed by atoms with Crippen LogP contribution in [0.1, 0.15) is 5.56 Å². The molecule has 1 aromatic heterocycles. The molecule has 1 atom stereocenters. The number of carboxylic acid groups (broad SMARTS) is 1. The Morgan fingerprint density at radius 3 is 2.22 bits per heavy atom. The summed E-state index contributed by atoms with van der Waals surface area (Å²) in [5.41, 5.74) is -2.87. The molecule has 0 bridgehead atoms. The first kappa shape index (κ1) is 17.9. The maximum Gasteiger partial charge on any atom is 0.516 e. The zero-order chi connectivity index (χ0) is 19.6. The third-order valence-electron chi connectivity index (χ3n) is 4.28. The molecule has 0 aliphatic carbocycles. The van der Waals surface area contributed by atoms with Crippen molar-refractivity contribution in [3.63, 3.8) is 0 Å². The largest absolute Gasteiger partial charge is 0.516 e. The fourth-order valence-corrected chi connectivity index (χ4v) is 3.04. The predicted octanol–water partition coefficient (Wildman–Crippen LogP) is 2.44. The summed E-state index contributed by atoms with van der Waals surface area (Å²) >= 11 is 0. The zero-order valence-corrected chi connectivity index (χ0v) is 13.7. The summed E-state index contributed by atoms with van der Waals surface area (Å²) in [6.07, 6.45) is 1.11. The predicted molar refractivity (Wildman–Crippen MR) is 95.5 cm³/mol. The lowest BCUT2D eigenvalue weighted by molar-refractivity contribution is -0.810. The number of nitrogens with zero attached hydrogens (tertiary/aromatic N) is 2. The molecule has 10 nitrogen and oxygen atoms in total. The number of carbonyl (C=O) groups is 1. The van der Waals surface area contributed by atoms with E-state index < -0.39 is 27.5 Å². The van der Waals surface area contributed by atoms with E-state index >= 15 is 0 Å². The highest BCUT2D eigenvalue weighted by atomic mass is 16.7. The number of aromatic amines is 1. The Morgan fingerprint density at radius 2 is 1.63 bits per heavy atom. The lowest BCUT2D eigenvalue weighted by atomic mass is 9.91. The molecule has 0 amide bonds. The number of rotatable bonds is 7. The monoisotopic (exact) mass is 370 g/mol. The number of para-hydroxylation sites is 2. The van der Waals surface area contributed by atoms with E-state index in [0.717, 1.165) is 6.20 Å². The standard InChI is InChI=1S/C17H14N4O6/c22-16(23)15(19-11-6-2-1-3-7-11)17(20(24)25,21(26)27)13-10-18-14-9-5-4-8-12(13)14/h1-10,15,18-19H,(H,22,23)/t15-/m1/s1. The van der Waals surface area contributed by atoms with Crippen molar-refractivity contribution >= 4 is 22.6 Å². The summed E-state index contributed by atoms with van der Waals surface area (Å²) in [6, 6.07) is 11.8. The van der Waals surface area contributed by atoms with Gasteiger partial charge in [0, 0.05) is 22.8 Å². The molecule has 0 aliphatic rings. The zero-order valence-electron chi connectivity index (χ0n) is 13.7. The van der Waals surface area contributed by atoms with Gasteiger partial charge in [-0.2, -0.15) is 0 Å². The van der Waals surface area contributed by atoms with Gasteiger partial charge in [0.2, 0.25) is 0 Å². The summed E-state index contributed by atoms with van der Waals surface area (Å²) < 4.78 is 0. The number of H-pyrrole nitrogens is 1. The highest BCUT2D eigenvalue weighted by Crippen LogP contribution is 2.36. The van der Waals surface area contributed by atoms with Gasteiger partial charge in [-0.05, 0) is 18.2 Å². The van der Waals surface area contributed by atoms with Gasteiger partial charge in [0.15, 0.2) is 0 Å². The second kappa shape index (κ2) is 6.75. The Morgan fingerprint density at radius 1 is 1.04 bits per heavy atom. The normalized spacial score (nSPS) is 12.4. The lowest BCUT2D eigenvalue weighted by Gasteiger charge is -2.24. The Labute approximate surface area is 151 Å². The maximum absolute atomic E-state index is 12.0. The molecule has 0 radical (unpaired) electrons. The van der Waals surface area contributed by atoms with E-state index in [1.54, 1.807) is 36.4 Å². The molecule has 2 aromatic carbocycles. The summed E-state index contributed by atoms with van der Waals surface area (Å²) in [5, 5.41) is 36.3. The number of aromatic nitrogens is 1. The van der Waals surface area contributed by atoms with E-state index in [1.807, 2.05) is 0 Å². The van der Waals surface area contributed by atoms with E-state index in [-0.39, 0.29) is 16.6 Å². The van der Waals surface area contributed by atoms with Gasteiger partial charge in [0.1, 0.15) is 15.4 Å². The topological polar surface area (TPSA) is 151 Å². The van der Waals surface area contributed by atoms with Gasteiger partial charge in [-0.1, -0.05) is 36.4 Å². The van der Waals surface area contributed by atoms with Crippen molar-refractivity contribution in [2.45, 2.75) is 11.7 Å². The Hall–Kier alpha value is -3.95. The van der Waals surface area contributed by atoms with Crippen molar-refractivity contribution in [3.8, 4) is 0 Å². The smallest absolute Gasteiger partial charge is 0.479 e. The number of hydrogen-bond donors (Lipinski definition) is 3. The van der Waals surface area contributed by atoms with Gasteiger partial charge in [0.05, 0.1) is 0 Å². The second-order valence-corrected chi connectivity index (χ2v) is 5.77. The molecule has 0 saturated heterocycles. The average molecular weight is 370 g/mol. The third kappa shape index (κ3) is 2.82. The first-order chi connectivity index (χ1) is 12.9. The number of nitrogens with one attached hydrogen (secondary N) is 2. The molecule has 0 fully saturated rings. The average Bonchev–Trinajstić information content (AvgIpc) is 3.06. The van der Waals surface area contributed by atoms with Gasteiger partial charge in [0.25, 0.3) is 6.04 Å². The summed E-state index contributed by atoms with van der Waals surface area (Å²) in [5.74, 6) is -1.72. The number of carboxylic acids is 1. The molecule has 10 heteroatoms. The number of aliphatic carboxylic acids is 1. The number of fused-ring (bicyclic) bond motifs is 1. The number of hydrogen-bond acceptors (Lipinski definition) is 6.